The number of hydrogen-bond acceptors (Lipinski definition) is 5. The molecule has 1 atom stereocenters. The van der Waals surface area contributed by atoms with Crippen LogP contribution in [0.1, 0.15) is 10.4 Å². The van der Waals surface area contributed by atoms with Crippen LogP contribution in [0.2, 0.25) is 0 Å². The van der Waals surface area contributed by atoms with Crippen molar-refractivity contribution in [2.75, 3.05) is 6.54 Å². The molecular formula is C17H17N3O3S. The predicted octanol–water partition coefficient (Wildman–Crippen LogP) is 2.23. The van der Waals surface area contributed by atoms with E-state index in [1.165, 1.54) is 11.3 Å². The first kappa shape index (κ1) is 17.5. The van der Waals surface area contributed by atoms with Gasteiger partial charge in [-0.15, -0.1) is 11.3 Å². The number of nitrogens with zero attached hydrogens (tertiary/aromatic N) is 1. The molecule has 1 heterocycles. The van der Waals surface area contributed by atoms with E-state index in [0.29, 0.717) is 6.42 Å². The molecule has 124 valence electrons. The summed E-state index contributed by atoms with van der Waals surface area (Å²) in [6.45, 7) is 0.0126. The van der Waals surface area contributed by atoms with Gasteiger partial charge in [0.25, 0.3) is 0 Å². The summed E-state index contributed by atoms with van der Waals surface area (Å²) in [5.41, 5.74) is 0.858. The van der Waals surface area contributed by atoms with Crippen molar-refractivity contribution >= 4 is 23.3 Å². The molecule has 0 fully saturated rings. The number of alkyl carbamates (subject to hydrolysis) is 1. The molecule has 0 aliphatic heterocycles. The van der Waals surface area contributed by atoms with Crippen LogP contribution in [-0.2, 0) is 22.6 Å². The highest BCUT2D eigenvalue weighted by Crippen LogP contribution is 2.11. The zero-order valence-electron chi connectivity index (χ0n) is 12.9. The molecule has 6 nitrogen and oxygen atoms in total. The van der Waals surface area contributed by atoms with Crippen molar-refractivity contribution < 1.29 is 14.3 Å². The highest BCUT2D eigenvalue weighted by Gasteiger charge is 2.22. The molecule has 0 saturated heterocycles. The minimum atomic E-state index is -0.791. The van der Waals surface area contributed by atoms with Gasteiger partial charge in [-0.05, 0) is 17.0 Å². The third kappa shape index (κ3) is 5.74. The van der Waals surface area contributed by atoms with E-state index in [9.17, 15) is 9.59 Å². The zero-order chi connectivity index (χ0) is 17.2. The van der Waals surface area contributed by atoms with Gasteiger partial charge < -0.3 is 15.4 Å². The Bertz CT molecular complexity index is 696. The van der Waals surface area contributed by atoms with Crippen molar-refractivity contribution in [1.29, 1.82) is 5.26 Å². The largest absolute Gasteiger partial charge is 0.445 e. The van der Waals surface area contributed by atoms with Crippen molar-refractivity contribution in [3.05, 3.63) is 58.3 Å². The number of carbonyl (C=O) groups excluding carboxylic acids is 2. The number of rotatable bonds is 7. The van der Waals surface area contributed by atoms with Crippen molar-refractivity contribution in [2.45, 2.75) is 19.1 Å². The van der Waals surface area contributed by atoms with Gasteiger partial charge in [0, 0.05) is 11.3 Å². The number of nitrogens with one attached hydrogen (secondary N) is 2. The standard InChI is InChI=1S/C17H17N3O3S/c18-8-9-19-16(21)15(11-14-7-4-10-24-14)20-17(22)23-12-13-5-2-1-3-6-13/h1-7,10,15H,9,11-12H2,(H,19,21)(H,20,22)/t15-/m0/s1. The molecule has 2 aromatic rings. The summed E-state index contributed by atoms with van der Waals surface area (Å²) in [6.07, 6.45) is -0.331. The fourth-order valence-corrected chi connectivity index (χ4v) is 2.75. The third-order valence-corrected chi connectivity index (χ3v) is 4.05. The highest BCUT2D eigenvalue weighted by molar-refractivity contribution is 7.09. The van der Waals surface area contributed by atoms with E-state index in [4.69, 9.17) is 10.00 Å². The molecule has 2 amide bonds. The van der Waals surface area contributed by atoms with Crippen molar-refractivity contribution in [3.8, 4) is 6.07 Å². The van der Waals surface area contributed by atoms with Gasteiger partial charge in [-0.2, -0.15) is 5.26 Å². The van der Waals surface area contributed by atoms with E-state index in [0.717, 1.165) is 10.4 Å². The minimum Gasteiger partial charge on any atom is -0.445 e. The van der Waals surface area contributed by atoms with Crippen molar-refractivity contribution in [1.82, 2.24) is 10.6 Å². The van der Waals surface area contributed by atoms with Gasteiger partial charge >= 0.3 is 6.09 Å². The number of amides is 2. The lowest BCUT2D eigenvalue weighted by molar-refractivity contribution is -0.122. The van der Waals surface area contributed by atoms with Crippen LogP contribution in [0, 0.1) is 11.3 Å². The predicted molar refractivity (Wildman–Crippen MR) is 90.2 cm³/mol. The molecular weight excluding hydrogens is 326 g/mol. The molecule has 0 bridgehead atoms. The maximum atomic E-state index is 12.1. The van der Waals surface area contributed by atoms with Gasteiger partial charge in [-0.1, -0.05) is 36.4 Å². The molecule has 2 rings (SSSR count). The van der Waals surface area contributed by atoms with Crippen LogP contribution in [0.5, 0.6) is 0 Å². The second kappa shape index (κ2) is 9.33. The van der Waals surface area contributed by atoms with Gasteiger partial charge in [0.1, 0.15) is 19.2 Å². The van der Waals surface area contributed by atoms with E-state index in [1.54, 1.807) is 0 Å². The lowest BCUT2D eigenvalue weighted by Gasteiger charge is -2.17. The summed E-state index contributed by atoms with van der Waals surface area (Å²) in [5, 5.41) is 15.5. The minimum absolute atomic E-state index is 0.111. The summed E-state index contributed by atoms with van der Waals surface area (Å²) in [5.74, 6) is -0.415. The lowest BCUT2D eigenvalue weighted by Crippen LogP contribution is -2.48. The first-order valence-electron chi connectivity index (χ1n) is 7.33. The topological polar surface area (TPSA) is 91.2 Å². The highest BCUT2D eigenvalue weighted by atomic mass is 32.1. The average molecular weight is 343 g/mol. The Morgan fingerprint density at radius 1 is 1.21 bits per heavy atom. The van der Waals surface area contributed by atoms with Gasteiger partial charge in [0.05, 0.1) is 6.07 Å². The van der Waals surface area contributed by atoms with E-state index in [2.05, 4.69) is 10.6 Å². The molecule has 0 radical (unpaired) electrons. The molecule has 0 aliphatic rings. The van der Waals surface area contributed by atoms with E-state index >= 15 is 0 Å². The quantitative estimate of drug-likeness (QED) is 0.754. The Morgan fingerprint density at radius 3 is 2.67 bits per heavy atom. The summed E-state index contributed by atoms with van der Waals surface area (Å²) in [6, 6.07) is 14.1. The molecule has 0 spiro atoms. The van der Waals surface area contributed by atoms with Crippen LogP contribution in [0.15, 0.2) is 47.8 Å². The summed E-state index contributed by atoms with van der Waals surface area (Å²) < 4.78 is 5.14. The van der Waals surface area contributed by atoms with Crippen LogP contribution < -0.4 is 10.6 Å². The fraction of sp³-hybridized carbons (Fsp3) is 0.235. The van der Waals surface area contributed by atoms with Crippen LogP contribution >= 0.6 is 11.3 Å². The normalized spacial score (nSPS) is 11.1. The zero-order valence-corrected chi connectivity index (χ0v) is 13.7. The summed E-state index contributed by atoms with van der Waals surface area (Å²) in [4.78, 5) is 25.0. The second-order valence-corrected chi connectivity index (χ2v) is 5.95. The maximum Gasteiger partial charge on any atom is 0.408 e. The lowest BCUT2D eigenvalue weighted by atomic mass is 10.1. The van der Waals surface area contributed by atoms with Crippen LogP contribution in [0.3, 0.4) is 0 Å². The molecule has 1 aromatic carbocycles. The Hall–Kier alpha value is -2.85. The van der Waals surface area contributed by atoms with Crippen molar-refractivity contribution in [2.24, 2.45) is 0 Å². The third-order valence-electron chi connectivity index (χ3n) is 3.15. The number of benzene rings is 1. The second-order valence-electron chi connectivity index (χ2n) is 4.92. The Labute approximate surface area is 144 Å². The number of nitriles is 1. The number of hydrogen-bond donors (Lipinski definition) is 2. The van der Waals surface area contributed by atoms with Crippen LogP contribution in [0.25, 0.3) is 0 Å². The fourth-order valence-electron chi connectivity index (χ4n) is 2.00. The van der Waals surface area contributed by atoms with Crippen LogP contribution in [0.4, 0.5) is 4.79 Å². The summed E-state index contributed by atoms with van der Waals surface area (Å²) >= 11 is 1.49. The van der Waals surface area contributed by atoms with Gasteiger partial charge in [-0.3, -0.25) is 4.79 Å². The SMILES string of the molecule is N#CCNC(=O)[C@H](Cc1cccs1)NC(=O)OCc1ccccc1. The van der Waals surface area contributed by atoms with E-state index < -0.39 is 18.0 Å². The monoisotopic (exact) mass is 343 g/mol. The first-order valence-corrected chi connectivity index (χ1v) is 8.21. The molecule has 2 N–H and O–H groups in total. The molecule has 0 aliphatic carbocycles. The van der Waals surface area contributed by atoms with Crippen molar-refractivity contribution in [3.63, 3.8) is 0 Å². The molecule has 7 heteroatoms. The Balaban J connectivity index is 1.92. The summed E-state index contributed by atoms with van der Waals surface area (Å²) in [7, 11) is 0. The van der Waals surface area contributed by atoms with Gasteiger partial charge in [-0.25, -0.2) is 4.79 Å². The molecule has 1 aromatic heterocycles. The van der Waals surface area contributed by atoms with Crippen LogP contribution in [-0.4, -0.2) is 24.6 Å². The molecule has 24 heavy (non-hydrogen) atoms. The number of ether oxygens (including phenoxy) is 1. The average Bonchev–Trinajstić information content (AvgIpc) is 3.11. The molecule has 0 unspecified atom stereocenters. The van der Waals surface area contributed by atoms with E-state index in [-0.39, 0.29) is 13.2 Å². The number of thiophene rings is 1. The van der Waals surface area contributed by atoms with E-state index in [1.807, 2.05) is 53.9 Å². The van der Waals surface area contributed by atoms with Gasteiger partial charge in [0.15, 0.2) is 0 Å². The Morgan fingerprint density at radius 2 is 2.00 bits per heavy atom. The van der Waals surface area contributed by atoms with Gasteiger partial charge in [0.2, 0.25) is 5.91 Å². The molecule has 0 saturated carbocycles. The smallest absolute Gasteiger partial charge is 0.408 e. The first-order chi connectivity index (χ1) is 11.7. The maximum absolute atomic E-state index is 12.1. The number of carbonyl (C=O) groups is 2. The Kier molecular flexibility index (Phi) is 6.80.